The van der Waals surface area contributed by atoms with E-state index >= 15 is 0 Å². The highest BCUT2D eigenvalue weighted by atomic mass is 35.5. The molecule has 1 saturated heterocycles. The number of halogens is 1. The smallest absolute Gasteiger partial charge is 0.243 e. The molecule has 1 aliphatic rings. The number of nitrogens with zero attached hydrogens (tertiary/aromatic N) is 2. The predicted molar refractivity (Wildman–Crippen MR) is 120 cm³/mol. The quantitative estimate of drug-likeness (QED) is 0.731. The number of likely N-dealkylation sites (N-methyl/N-ethyl adjacent to an activating group) is 1. The molecule has 1 N–H and O–H groups in total. The van der Waals surface area contributed by atoms with E-state index in [2.05, 4.69) is 17.1 Å². The van der Waals surface area contributed by atoms with E-state index in [9.17, 15) is 13.2 Å². The molecule has 6 nitrogen and oxygen atoms in total. The molecule has 0 spiro atoms. The lowest BCUT2D eigenvalue weighted by Crippen LogP contribution is -2.48. The molecule has 0 saturated carbocycles. The van der Waals surface area contributed by atoms with Crippen LogP contribution in [0.4, 0.5) is 5.69 Å². The first-order chi connectivity index (χ1) is 14.1. The van der Waals surface area contributed by atoms with Crippen LogP contribution in [0.2, 0.25) is 5.02 Å². The van der Waals surface area contributed by atoms with Gasteiger partial charge in [-0.3, -0.25) is 4.79 Å². The lowest BCUT2D eigenvalue weighted by molar-refractivity contribution is -0.120. The van der Waals surface area contributed by atoms with E-state index in [1.807, 2.05) is 26.0 Å². The maximum atomic E-state index is 13.1. The third-order valence-electron chi connectivity index (χ3n) is 5.64. The van der Waals surface area contributed by atoms with Gasteiger partial charge in [0.15, 0.2) is 0 Å². The van der Waals surface area contributed by atoms with Crippen LogP contribution >= 0.6 is 11.6 Å². The van der Waals surface area contributed by atoms with Gasteiger partial charge in [-0.05, 0) is 56.3 Å². The molecule has 1 heterocycles. The van der Waals surface area contributed by atoms with Crippen LogP contribution in [-0.2, 0) is 20.2 Å². The van der Waals surface area contributed by atoms with E-state index < -0.39 is 15.4 Å². The number of rotatable bonds is 6. The van der Waals surface area contributed by atoms with Gasteiger partial charge in [-0.25, -0.2) is 8.42 Å². The summed E-state index contributed by atoms with van der Waals surface area (Å²) < 4.78 is 27.6. The Morgan fingerprint density at radius 3 is 2.30 bits per heavy atom. The number of sulfonamides is 1. The number of carbonyl (C=O) groups is 1. The van der Waals surface area contributed by atoms with Crippen molar-refractivity contribution in [3.05, 3.63) is 59.1 Å². The van der Waals surface area contributed by atoms with Crippen LogP contribution in [0, 0.1) is 0 Å². The Morgan fingerprint density at radius 1 is 1.07 bits per heavy atom. The van der Waals surface area contributed by atoms with Crippen molar-refractivity contribution in [3.63, 3.8) is 0 Å². The number of carbonyl (C=O) groups excluding carboxylic acids is 1. The van der Waals surface area contributed by atoms with Gasteiger partial charge in [0, 0.05) is 36.9 Å². The van der Waals surface area contributed by atoms with Gasteiger partial charge in [0.25, 0.3) is 0 Å². The average molecular weight is 450 g/mol. The van der Waals surface area contributed by atoms with Gasteiger partial charge in [0.2, 0.25) is 15.9 Å². The maximum Gasteiger partial charge on any atom is 0.243 e. The van der Waals surface area contributed by atoms with E-state index in [4.69, 9.17) is 11.6 Å². The molecule has 0 bridgehead atoms. The van der Waals surface area contributed by atoms with Crippen LogP contribution < -0.4 is 5.32 Å². The lowest BCUT2D eigenvalue weighted by atomic mass is 9.83. The zero-order chi connectivity index (χ0) is 21.9. The zero-order valence-electron chi connectivity index (χ0n) is 17.6. The summed E-state index contributed by atoms with van der Waals surface area (Å²) in [6.07, 6.45) is 0. The number of amides is 1. The average Bonchev–Trinajstić information content (AvgIpc) is 2.74. The third kappa shape index (κ3) is 4.86. The van der Waals surface area contributed by atoms with Crippen molar-refractivity contribution in [1.29, 1.82) is 0 Å². The summed E-state index contributed by atoms with van der Waals surface area (Å²) in [4.78, 5) is 15.4. The first kappa shape index (κ1) is 22.7. The van der Waals surface area contributed by atoms with Crippen molar-refractivity contribution in [2.24, 2.45) is 0 Å². The Labute approximate surface area is 183 Å². The van der Waals surface area contributed by atoms with Crippen LogP contribution in [0.5, 0.6) is 0 Å². The van der Waals surface area contributed by atoms with Gasteiger partial charge < -0.3 is 10.2 Å². The SMILES string of the molecule is CCN1CCN(S(=O)(=O)c2cccc(NC(=O)C(C)(C)c3ccc(Cl)cc3)c2)CC1. The van der Waals surface area contributed by atoms with E-state index in [0.29, 0.717) is 23.8 Å². The minimum absolute atomic E-state index is 0.189. The Bertz CT molecular complexity index is 999. The Hall–Kier alpha value is -1.93. The molecule has 0 aromatic heterocycles. The summed E-state index contributed by atoms with van der Waals surface area (Å²) in [6, 6.07) is 13.6. The molecule has 1 amide bonds. The zero-order valence-corrected chi connectivity index (χ0v) is 19.1. The van der Waals surface area contributed by atoms with Crippen LogP contribution in [-0.4, -0.2) is 56.3 Å². The second-order valence-electron chi connectivity index (χ2n) is 7.95. The summed E-state index contributed by atoms with van der Waals surface area (Å²) in [5.41, 5.74) is 0.466. The molecule has 2 aromatic carbocycles. The van der Waals surface area contributed by atoms with Gasteiger partial charge in [-0.2, -0.15) is 4.31 Å². The first-order valence-electron chi connectivity index (χ1n) is 10.0. The Kier molecular flexibility index (Phi) is 6.87. The predicted octanol–water partition coefficient (Wildman–Crippen LogP) is 3.58. The minimum atomic E-state index is -3.60. The first-order valence-corrected chi connectivity index (χ1v) is 11.9. The van der Waals surface area contributed by atoms with E-state index in [1.54, 1.807) is 30.3 Å². The van der Waals surface area contributed by atoms with Crippen molar-refractivity contribution >= 4 is 33.2 Å². The number of hydrogen-bond donors (Lipinski definition) is 1. The highest BCUT2D eigenvalue weighted by Gasteiger charge is 2.31. The molecule has 0 aliphatic carbocycles. The fraction of sp³-hybridized carbons (Fsp3) is 0.409. The van der Waals surface area contributed by atoms with E-state index in [-0.39, 0.29) is 10.8 Å². The second kappa shape index (κ2) is 9.06. The van der Waals surface area contributed by atoms with Gasteiger partial charge in [0.05, 0.1) is 10.3 Å². The number of hydrogen-bond acceptors (Lipinski definition) is 4. The van der Waals surface area contributed by atoms with Crippen molar-refractivity contribution in [2.75, 3.05) is 38.0 Å². The second-order valence-corrected chi connectivity index (χ2v) is 10.3. The lowest BCUT2D eigenvalue weighted by Gasteiger charge is -2.33. The molecular formula is C22H28ClN3O3S. The number of anilines is 1. The van der Waals surface area contributed by atoms with Crippen molar-refractivity contribution in [1.82, 2.24) is 9.21 Å². The molecule has 2 aromatic rings. The summed E-state index contributed by atoms with van der Waals surface area (Å²) >= 11 is 5.95. The molecule has 3 rings (SSSR count). The largest absolute Gasteiger partial charge is 0.325 e. The molecule has 0 unspecified atom stereocenters. The van der Waals surface area contributed by atoms with Gasteiger partial charge in [0.1, 0.15) is 0 Å². The van der Waals surface area contributed by atoms with Crippen LogP contribution in [0.3, 0.4) is 0 Å². The molecule has 1 fully saturated rings. The maximum absolute atomic E-state index is 13.1. The monoisotopic (exact) mass is 449 g/mol. The fourth-order valence-electron chi connectivity index (χ4n) is 3.45. The number of benzene rings is 2. The fourth-order valence-corrected chi connectivity index (χ4v) is 5.05. The molecule has 0 radical (unpaired) electrons. The number of piperazine rings is 1. The molecule has 8 heteroatoms. The highest BCUT2D eigenvalue weighted by Crippen LogP contribution is 2.27. The van der Waals surface area contributed by atoms with E-state index in [1.165, 1.54) is 10.4 Å². The summed E-state index contributed by atoms with van der Waals surface area (Å²) in [5.74, 6) is -0.226. The minimum Gasteiger partial charge on any atom is -0.325 e. The van der Waals surface area contributed by atoms with E-state index in [0.717, 1.165) is 25.2 Å². The van der Waals surface area contributed by atoms with Gasteiger partial charge in [-0.1, -0.05) is 36.7 Å². The van der Waals surface area contributed by atoms with Gasteiger partial charge in [-0.15, -0.1) is 0 Å². The van der Waals surface area contributed by atoms with Crippen molar-refractivity contribution < 1.29 is 13.2 Å². The summed E-state index contributed by atoms with van der Waals surface area (Å²) in [6.45, 7) is 9.01. The molecule has 162 valence electrons. The van der Waals surface area contributed by atoms with Crippen molar-refractivity contribution in [2.45, 2.75) is 31.1 Å². The van der Waals surface area contributed by atoms with Crippen molar-refractivity contribution in [3.8, 4) is 0 Å². The standard InChI is InChI=1S/C22H28ClN3O3S/c1-4-25-12-14-26(15-13-25)30(28,29)20-7-5-6-19(16-20)24-21(27)22(2,3)17-8-10-18(23)11-9-17/h5-11,16H,4,12-15H2,1-3H3,(H,24,27). The summed E-state index contributed by atoms with van der Waals surface area (Å²) in [7, 11) is -3.60. The van der Waals surface area contributed by atoms with Gasteiger partial charge >= 0.3 is 0 Å². The number of nitrogens with one attached hydrogen (secondary N) is 1. The van der Waals surface area contributed by atoms with Crippen LogP contribution in [0.15, 0.2) is 53.4 Å². The third-order valence-corrected chi connectivity index (χ3v) is 7.79. The normalized spacial score (nSPS) is 16.4. The molecule has 1 aliphatic heterocycles. The van der Waals surface area contributed by atoms with Crippen LogP contribution in [0.1, 0.15) is 26.3 Å². The topological polar surface area (TPSA) is 69.7 Å². The molecule has 0 atom stereocenters. The Balaban J connectivity index is 1.76. The summed E-state index contributed by atoms with van der Waals surface area (Å²) in [5, 5.41) is 3.47. The van der Waals surface area contributed by atoms with Crippen LogP contribution in [0.25, 0.3) is 0 Å². The Morgan fingerprint density at radius 2 is 1.70 bits per heavy atom. The highest BCUT2D eigenvalue weighted by molar-refractivity contribution is 7.89. The molecular weight excluding hydrogens is 422 g/mol. The molecule has 30 heavy (non-hydrogen) atoms.